The van der Waals surface area contributed by atoms with Crippen LogP contribution in [0.1, 0.15) is 50.4 Å². The fourth-order valence-corrected chi connectivity index (χ4v) is 7.53. The number of nitrogens with one attached hydrogen (secondary N) is 2. The van der Waals surface area contributed by atoms with Gasteiger partial charge in [0, 0.05) is 48.8 Å². The highest BCUT2D eigenvalue weighted by Crippen LogP contribution is 2.30. The van der Waals surface area contributed by atoms with Gasteiger partial charge in [-0.1, -0.05) is 54.9 Å². The standard InChI is InChI=1S/C39H47ClN4O7S/c1-26-23-44(27(2)25-45)38(46)34-22-31(41-39(47)42-35-14-9-12-29-11-5-6-13-33(29)35)17-20-36(34)51-28(3)10-7-8-21-50-37(26)24-43(4)52(48,49)32-18-15-30(40)16-19-32/h5-6,9,11-20,22,26-28,37,45H,7-8,10,21,23-25H2,1-4H3,(H2,41,42,47)/t26-,27+,28-,37-/m0/s1. The molecule has 3 amide bonds. The maximum atomic E-state index is 14.5. The molecule has 4 aromatic rings. The van der Waals surface area contributed by atoms with Crippen LogP contribution in [0.2, 0.25) is 5.02 Å². The third kappa shape index (κ3) is 9.61. The topological polar surface area (TPSA) is 138 Å². The fraction of sp³-hybridized carbons (Fsp3) is 0.385. The molecule has 52 heavy (non-hydrogen) atoms. The van der Waals surface area contributed by atoms with Gasteiger partial charge in [-0.05, 0) is 87.0 Å². The SMILES string of the molecule is C[C@H](CO)N1C[C@H](C)[C@H](CN(C)S(=O)(=O)c2ccc(Cl)cc2)OCCCC[C@H](C)Oc2ccc(NC(=O)Nc3cccc4ccccc34)cc2C1=O. The largest absolute Gasteiger partial charge is 0.490 e. The molecule has 0 bridgehead atoms. The molecular weight excluding hydrogens is 704 g/mol. The van der Waals surface area contributed by atoms with Crippen molar-refractivity contribution >= 4 is 55.7 Å². The molecule has 0 saturated carbocycles. The van der Waals surface area contributed by atoms with Gasteiger partial charge in [0.15, 0.2) is 0 Å². The number of nitrogens with zero attached hydrogens (tertiary/aromatic N) is 2. The first-order valence-electron chi connectivity index (χ1n) is 17.5. The average molecular weight is 751 g/mol. The molecule has 0 fully saturated rings. The van der Waals surface area contributed by atoms with Crippen molar-refractivity contribution in [1.29, 1.82) is 0 Å². The molecule has 1 heterocycles. The van der Waals surface area contributed by atoms with Gasteiger partial charge < -0.3 is 30.1 Å². The zero-order chi connectivity index (χ0) is 37.4. The van der Waals surface area contributed by atoms with E-state index in [1.165, 1.54) is 35.6 Å². The summed E-state index contributed by atoms with van der Waals surface area (Å²) in [6.45, 7) is 5.84. The predicted octanol–water partition coefficient (Wildman–Crippen LogP) is 7.25. The van der Waals surface area contributed by atoms with Crippen LogP contribution in [-0.4, -0.2) is 86.3 Å². The Morgan fingerprint density at radius 1 is 1.02 bits per heavy atom. The van der Waals surface area contributed by atoms with E-state index >= 15 is 0 Å². The number of halogens is 1. The van der Waals surface area contributed by atoms with Crippen LogP contribution in [0, 0.1) is 5.92 Å². The lowest BCUT2D eigenvalue weighted by Gasteiger charge is -2.35. The number of hydrogen-bond acceptors (Lipinski definition) is 7. The van der Waals surface area contributed by atoms with E-state index in [1.54, 1.807) is 30.0 Å². The molecule has 0 aromatic heterocycles. The van der Waals surface area contributed by atoms with Crippen molar-refractivity contribution in [3.8, 4) is 5.75 Å². The van der Waals surface area contributed by atoms with Crippen LogP contribution in [0.4, 0.5) is 16.2 Å². The van der Waals surface area contributed by atoms with Gasteiger partial charge in [0.25, 0.3) is 5.91 Å². The van der Waals surface area contributed by atoms with Gasteiger partial charge in [-0.25, -0.2) is 13.2 Å². The number of likely N-dealkylation sites (N-methyl/N-ethyl adjacent to an activating group) is 1. The van der Waals surface area contributed by atoms with Gasteiger partial charge >= 0.3 is 6.03 Å². The minimum absolute atomic E-state index is 0.0393. The monoisotopic (exact) mass is 750 g/mol. The number of benzene rings is 4. The summed E-state index contributed by atoms with van der Waals surface area (Å²) in [5, 5.41) is 18.4. The van der Waals surface area contributed by atoms with Crippen LogP contribution >= 0.6 is 11.6 Å². The lowest BCUT2D eigenvalue weighted by molar-refractivity contribution is -0.00833. The van der Waals surface area contributed by atoms with Crippen LogP contribution in [-0.2, 0) is 14.8 Å². The Labute approximate surface area is 310 Å². The van der Waals surface area contributed by atoms with Gasteiger partial charge in [0.2, 0.25) is 10.0 Å². The molecule has 0 aliphatic carbocycles. The smallest absolute Gasteiger partial charge is 0.323 e. The molecule has 0 spiro atoms. The highest BCUT2D eigenvalue weighted by atomic mass is 35.5. The minimum atomic E-state index is -3.86. The maximum Gasteiger partial charge on any atom is 0.323 e. The molecule has 11 nitrogen and oxygen atoms in total. The number of hydrogen-bond donors (Lipinski definition) is 3. The van der Waals surface area contributed by atoms with Crippen LogP contribution in [0.3, 0.4) is 0 Å². The Kier molecular flexibility index (Phi) is 13.2. The zero-order valence-electron chi connectivity index (χ0n) is 29.9. The third-order valence-corrected chi connectivity index (χ3v) is 11.4. The van der Waals surface area contributed by atoms with E-state index in [0.717, 1.165) is 23.6 Å². The Morgan fingerprint density at radius 2 is 1.75 bits per heavy atom. The number of aliphatic hydroxyl groups is 1. The van der Waals surface area contributed by atoms with Crippen LogP contribution in [0.25, 0.3) is 10.8 Å². The number of rotatable bonds is 8. The highest BCUT2D eigenvalue weighted by Gasteiger charge is 2.32. The van der Waals surface area contributed by atoms with E-state index in [4.69, 9.17) is 21.1 Å². The van der Waals surface area contributed by atoms with Crippen LogP contribution < -0.4 is 15.4 Å². The van der Waals surface area contributed by atoms with E-state index in [2.05, 4.69) is 10.6 Å². The number of amides is 3. The molecule has 3 N–H and O–H groups in total. The quantitative estimate of drug-likeness (QED) is 0.173. The van der Waals surface area contributed by atoms with E-state index in [1.807, 2.05) is 56.3 Å². The number of urea groups is 1. The van der Waals surface area contributed by atoms with Crippen LogP contribution in [0.5, 0.6) is 5.75 Å². The van der Waals surface area contributed by atoms with Crippen LogP contribution in [0.15, 0.2) is 89.8 Å². The molecule has 0 unspecified atom stereocenters. The van der Waals surface area contributed by atoms with Gasteiger partial charge in [0.1, 0.15) is 5.75 Å². The summed E-state index contributed by atoms with van der Waals surface area (Å²) in [5.41, 5.74) is 1.24. The molecule has 0 radical (unpaired) electrons. The molecular formula is C39H47ClN4O7S. The predicted molar refractivity (Wildman–Crippen MR) is 205 cm³/mol. The average Bonchev–Trinajstić information content (AvgIpc) is 3.13. The first-order chi connectivity index (χ1) is 24.9. The summed E-state index contributed by atoms with van der Waals surface area (Å²) in [4.78, 5) is 29.4. The van der Waals surface area contributed by atoms with E-state index in [9.17, 15) is 23.1 Å². The first-order valence-corrected chi connectivity index (χ1v) is 19.3. The normalized spacial score (nSPS) is 19.7. The molecule has 1 aliphatic heterocycles. The number of carbonyl (C=O) groups excluding carboxylic acids is 2. The van der Waals surface area contributed by atoms with Crippen molar-refractivity contribution in [3.05, 3.63) is 95.5 Å². The van der Waals surface area contributed by atoms with Gasteiger partial charge in [-0.3, -0.25) is 4.79 Å². The Morgan fingerprint density at radius 3 is 2.50 bits per heavy atom. The molecule has 4 aromatic carbocycles. The summed E-state index contributed by atoms with van der Waals surface area (Å²) >= 11 is 6.00. The maximum absolute atomic E-state index is 14.5. The summed E-state index contributed by atoms with van der Waals surface area (Å²) in [6.07, 6.45) is 1.38. The number of fused-ring (bicyclic) bond motifs is 2. The van der Waals surface area contributed by atoms with Gasteiger partial charge in [-0.15, -0.1) is 0 Å². The third-order valence-electron chi connectivity index (χ3n) is 9.31. The second-order valence-corrected chi connectivity index (χ2v) is 15.8. The van der Waals surface area contributed by atoms with Crippen molar-refractivity contribution in [2.45, 2.75) is 63.2 Å². The number of carbonyl (C=O) groups is 2. The fourth-order valence-electron chi connectivity index (χ4n) is 6.22. The van der Waals surface area contributed by atoms with Crippen molar-refractivity contribution in [1.82, 2.24) is 9.21 Å². The van der Waals surface area contributed by atoms with Crippen molar-refractivity contribution in [2.75, 3.05) is 44.0 Å². The van der Waals surface area contributed by atoms with E-state index in [0.29, 0.717) is 35.2 Å². The molecule has 278 valence electrons. The Hall–Kier alpha value is -4.20. The van der Waals surface area contributed by atoms with E-state index < -0.39 is 34.1 Å². The molecule has 4 atom stereocenters. The summed E-state index contributed by atoms with van der Waals surface area (Å²) < 4.78 is 40.9. The molecule has 1 aliphatic rings. The van der Waals surface area contributed by atoms with Gasteiger partial charge in [0.05, 0.1) is 41.0 Å². The van der Waals surface area contributed by atoms with Gasteiger partial charge in [-0.2, -0.15) is 4.31 Å². The van der Waals surface area contributed by atoms with E-state index in [-0.39, 0.29) is 42.2 Å². The summed E-state index contributed by atoms with van der Waals surface area (Å²) in [6, 6.07) is 23.2. The highest BCUT2D eigenvalue weighted by molar-refractivity contribution is 7.89. The Bertz CT molecular complexity index is 1950. The lowest BCUT2D eigenvalue weighted by Crippen LogP contribution is -2.48. The number of anilines is 2. The first kappa shape index (κ1) is 39.0. The lowest BCUT2D eigenvalue weighted by atomic mass is 10.0. The number of aliphatic hydroxyl groups excluding tert-OH is 1. The number of ether oxygens (including phenoxy) is 2. The second kappa shape index (κ2) is 17.5. The van der Waals surface area contributed by atoms with Crippen molar-refractivity contribution in [2.24, 2.45) is 5.92 Å². The van der Waals surface area contributed by atoms with Crippen molar-refractivity contribution < 1.29 is 32.6 Å². The Balaban J connectivity index is 1.41. The molecule has 13 heteroatoms. The molecule has 0 saturated heterocycles. The molecule has 5 rings (SSSR count). The number of sulfonamides is 1. The summed E-state index contributed by atoms with van der Waals surface area (Å²) in [7, 11) is -2.36. The zero-order valence-corrected chi connectivity index (χ0v) is 31.5. The van der Waals surface area contributed by atoms with Crippen molar-refractivity contribution in [3.63, 3.8) is 0 Å². The minimum Gasteiger partial charge on any atom is -0.490 e. The summed E-state index contributed by atoms with van der Waals surface area (Å²) in [5.74, 6) is -0.398. The second-order valence-electron chi connectivity index (χ2n) is 13.4.